The molecule has 2 aromatic rings. The summed E-state index contributed by atoms with van der Waals surface area (Å²) in [5.41, 5.74) is 7.71. The number of likely N-dealkylation sites (N-methyl/N-ethyl adjacent to an activating group) is 1. The number of rotatable bonds is 4. The van der Waals surface area contributed by atoms with Crippen molar-refractivity contribution in [2.45, 2.75) is 31.0 Å². The maximum Gasteiger partial charge on any atom is 0.246 e. The number of carbonyl (C=O) groups excluding carboxylic acids is 2. The first-order valence-electron chi connectivity index (χ1n) is 9.10. The van der Waals surface area contributed by atoms with Crippen molar-refractivity contribution in [2.75, 3.05) is 7.05 Å². The number of hydrogen-bond acceptors (Lipinski definition) is 3. The van der Waals surface area contributed by atoms with Crippen LogP contribution in [0.25, 0.3) is 0 Å². The van der Waals surface area contributed by atoms with Crippen molar-refractivity contribution in [3.63, 3.8) is 0 Å². The van der Waals surface area contributed by atoms with Crippen LogP contribution in [0.4, 0.5) is 0 Å². The van der Waals surface area contributed by atoms with Crippen molar-refractivity contribution in [1.29, 1.82) is 0 Å². The van der Waals surface area contributed by atoms with E-state index in [1.165, 1.54) is 0 Å². The Morgan fingerprint density at radius 2 is 1.56 bits per heavy atom. The standard InChI is InChI=1S/C22H25N3O2/c1-15(23)21(26)24-20-18(16-9-5-3-6-10-16)13-14-19(25(2)22(20)27)17-11-7-4-8-12-17/h3-15,18-20H,23H2,1-2H3,(H,24,26)/t15-,18-,19-,20-/m0/s1. The summed E-state index contributed by atoms with van der Waals surface area (Å²) in [6, 6.07) is 18.0. The van der Waals surface area contributed by atoms with Crippen LogP contribution in [0, 0.1) is 0 Å². The minimum Gasteiger partial charge on any atom is -0.342 e. The van der Waals surface area contributed by atoms with Gasteiger partial charge in [0.05, 0.1) is 12.1 Å². The average molecular weight is 363 g/mol. The third-order valence-electron chi connectivity index (χ3n) is 4.93. The third-order valence-corrected chi connectivity index (χ3v) is 4.93. The maximum absolute atomic E-state index is 13.3. The lowest BCUT2D eigenvalue weighted by Gasteiger charge is -2.30. The van der Waals surface area contributed by atoms with E-state index in [-0.39, 0.29) is 23.8 Å². The van der Waals surface area contributed by atoms with Gasteiger partial charge in [0.2, 0.25) is 11.8 Å². The lowest BCUT2D eigenvalue weighted by molar-refractivity contribution is -0.136. The second-order valence-corrected chi connectivity index (χ2v) is 6.90. The predicted molar refractivity (Wildman–Crippen MR) is 106 cm³/mol. The molecule has 0 aliphatic carbocycles. The highest BCUT2D eigenvalue weighted by molar-refractivity contribution is 5.91. The van der Waals surface area contributed by atoms with E-state index in [2.05, 4.69) is 5.32 Å². The van der Waals surface area contributed by atoms with Gasteiger partial charge in [0.25, 0.3) is 0 Å². The van der Waals surface area contributed by atoms with Crippen molar-refractivity contribution in [3.8, 4) is 0 Å². The smallest absolute Gasteiger partial charge is 0.246 e. The van der Waals surface area contributed by atoms with E-state index in [0.717, 1.165) is 11.1 Å². The van der Waals surface area contributed by atoms with E-state index in [9.17, 15) is 9.59 Å². The van der Waals surface area contributed by atoms with Crippen LogP contribution < -0.4 is 11.1 Å². The van der Waals surface area contributed by atoms with Gasteiger partial charge in [0, 0.05) is 13.0 Å². The number of hydrogen-bond donors (Lipinski definition) is 2. The SMILES string of the molecule is C[C@H](N)C(=O)N[C@@H]1C(=O)N(C)[C@H](c2ccccc2)C=C[C@H]1c1ccccc1. The molecule has 0 fully saturated rings. The number of carbonyl (C=O) groups is 2. The molecule has 1 heterocycles. The van der Waals surface area contributed by atoms with Crippen LogP contribution in [-0.2, 0) is 9.59 Å². The van der Waals surface area contributed by atoms with Crippen molar-refractivity contribution in [3.05, 3.63) is 83.9 Å². The summed E-state index contributed by atoms with van der Waals surface area (Å²) in [6.45, 7) is 1.61. The fourth-order valence-electron chi connectivity index (χ4n) is 3.38. The van der Waals surface area contributed by atoms with E-state index < -0.39 is 12.1 Å². The molecule has 4 atom stereocenters. The number of amides is 2. The van der Waals surface area contributed by atoms with Crippen LogP contribution in [-0.4, -0.2) is 35.8 Å². The number of benzene rings is 2. The second-order valence-electron chi connectivity index (χ2n) is 6.90. The lowest BCUT2D eigenvalue weighted by atomic mass is 9.90. The van der Waals surface area contributed by atoms with Gasteiger partial charge >= 0.3 is 0 Å². The third kappa shape index (κ3) is 4.09. The van der Waals surface area contributed by atoms with Gasteiger partial charge in [-0.25, -0.2) is 0 Å². The molecule has 140 valence electrons. The molecule has 1 aliphatic heterocycles. The van der Waals surface area contributed by atoms with Crippen molar-refractivity contribution >= 4 is 11.8 Å². The zero-order valence-corrected chi connectivity index (χ0v) is 15.6. The number of nitrogens with two attached hydrogens (primary N) is 1. The minimum absolute atomic E-state index is 0.142. The number of nitrogens with zero attached hydrogens (tertiary/aromatic N) is 1. The Bertz CT molecular complexity index is 818. The fraction of sp³-hybridized carbons (Fsp3) is 0.273. The van der Waals surface area contributed by atoms with Crippen molar-refractivity contribution in [1.82, 2.24) is 10.2 Å². The van der Waals surface area contributed by atoms with Gasteiger partial charge in [-0.3, -0.25) is 9.59 Å². The van der Waals surface area contributed by atoms with Gasteiger partial charge < -0.3 is 16.0 Å². The van der Waals surface area contributed by atoms with Gasteiger partial charge in [0.15, 0.2) is 0 Å². The summed E-state index contributed by atoms with van der Waals surface area (Å²) >= 11 is 0. The molecule has 0 aromatic heterocycles. The topological polar surface area (TPSA) is 75.4 Å². The molecule has 1 aliphatic rings. The summed E-state index contributed by atoms with van der Waals surface area (Å²) in [7, 11) is 1.77. The first kappa shape index (κ1) is 18.9. The molecule has 27 heavy (non-hydrogen) atoms. The molecule has 2 aromatic carbocycles. The van der Waals surface area contributed by atoms with Crippen LogP contribution in [0.15, 0.2) is 72.8 Å². The highest BCUT2D eigenvalue weighted by atomic mass is 16.2. The van der Waals surface area contributed by atoms with Crippen LogP contribution >= 0.6 is 0 Å². The minimum atomic E-state index is -0.708. The largest absolute Gasteiger partial charge is 0.342 e. The zero-order valence-electron chi connectivity index (χ0n) is 15.6. The first-order chi connectivity index (χ1) is 13.0. The van der Waals surface area contributed by atoms with Crippen molar-refractivity contribution in [2.24, 2.45) is 5.73 Å². The molecule has 5 nitrogen and oxygen atoms in total. The van der Waals surface area contributed by atoms with Gasteiger partial charge in [-0.05, 0) is 18.1 Å². The van der Waals surface area contributed by atoms with Gasteiger partial charge in [0.1, 0.15) is 6.04 Å². The Balaban J connectivity index is 2.01. The molecular formula is C22H25N3O2. The van der Waals surface area contributed by atoms with Crippen LogP contribution in [0.1, 0.15) is 30.0 Å². The molecule has 0 radical (unpaired) electrons. The molecule has 0 spiro atoms. The van der Waals surface area contributed by atoms with E-state index in [4.69, 9.17) is 5.73 Å². The van der Waals surface area contributed by atoms with E-state index in [1.807, 2.05) is 72.8 Å². The van der Waals surface area contributed by atoms with Crippen molar-refractivity contribution < 1.29 is 9.59 Å². The monoisotopic (exact) mass is 363 g/mol. The summed E-state index contributed by atoms with van der Waals surface area (Å²) in [5.74, 6) is -0.747. The van der Waals surface area contributed by atoms with Gasteiger partial charge in [-0.2, -0.15) is 0 Å². The molecule has 5 heteroatoms. The van der Waals surface area contributed by atoms with Crippen LogP contribution in [0.5, 0.6) is 0 Å². The van der Waals surface area contributed by atoms with Gasteiger partial charge in [-0.15, -0.1) is 0 Å². The predicted octanol–water partition coefficient (Wildman–Crippen LogP) is 2.37. The first-order valence-corrected chi connectivity index (χ1v) is 9.10. The highest BCUT2D eigenvalue weighted by Gasteiger charge is 2.36. The number of nitrogens with one attached hydrogen (secondary N) is 1. The maximum atomic E-state index is 13.3. The summed E-state index contributed by atoms with van der Waals surface area (Å²) in [5, 5.41) is 2.85. The van der Waals surface area contributed by atoms with E-state index in [0.29, 0.717) is 0 Å². The molecule has 3 N–H and O–H groups in total. The molecule has 2 amide bonds. The summed E-state index contributed by atoms with van der Waals surface area (Å²) in [6.07, 6.45) is 4.05. The van der Waals surface area contributed by atoms with Crippen LogP contribution in [0.2, 0.25) is 0 Å². The Morgan fingerprint density at radius 1 is 1.00 bits per heavy atom. The zero-order chi connectivity index (χ0) is 19.4. The second kappa shape index (κ2) is 8.18. The molecule has 0 bridgehead atoms. The Hall–Kier alpha value is -2.92. The molecule has 0 unspecified atom stereocenters. The normalized spacial score (nSPS) is 23.6. The quantitative estimate of drug-likeness (QED) is 0.819. The average Bonchev–Trinajstić information content (AvgIpc) is 2.81. The Kier molecular flexibility index (Phi) is 5.72. The molecule has 0 saturated carbocycles. The highest BCUT2D eigenvalue weighted by Crippen LogP contribution is 2.31. The Morgan fingerprint density at radius 3 is 2.11 bits per heavy atom. The molecule has 3 rings (SSSR count). The van der Waals surface area contributed by atoms with Gasteiger partial charge in [-0.1, -0.05) is 72.8 Å². The molecule has 0 saturated heterocycles. The Labute approximate surface area is 159 Å². The fourth-order valence-corrected chi connectivity index (χ4v) is 3.38. The summed E-state index contributed by atoms with van der Waals surface area (Å²) in [4.78, 5) is 27.3. The van der Waals surface area contributed by atoms with E-state index >= 15 is 0 Å². The lowest BCUT2D eigenvalue weighted by Crippen LogP contribution is -2.53. The van der Waals surface area contributed by atoms with E-state index in [1.54, 1.807) is 18.9 Å². The summed E-state index contributed by atoms with van der Waals surface area (Å²) < 4.78 is 0. The molecular weight excluding hydrogens is 338 g/mol. The van der Waals surface area contributed by atoms with Crippen LogP contribution in [0.3, 0.4) is 0 Å².